The Morgan fingerprint density at radius 3 is 2.47 bits per heavy atom. The quantitative estimate of drug-likeness (QED) is 0.890. The smallest absolute Gasteiger partial charge is 0.175 e. The number of sulfone groups is 1. The van der Waals surface area contributed by atoms with Crippen molar-refractivity contribution in [1.82, 2.24) is 0 Å². The Hall–Kier alpha value is -0.580. The lowest BCUT2D eigenvalue weighted by atomic mass is 10.1. The highest BCUT2D eigenvalue weighted by Crippen LogP contribution is 2.17. The van der Waals surface area contributed by atoms with Gasteiger partial charge in [0.25, 0.3) is 0 Å². The number of rotatable bonds is 3. The normalized spacial score (nSPS) is 13.0. The molecular weight excluding hydrogens is 234 g/mol. The van der Waals surface area contributed by atoms with Gasteiger partial charge in [0.15, 0.2) is 9.84 Å². The van der Waals surface area contributed by atoms with E-state index in [2.05, 4.69) is 0 Å². The molecule has 1 atom stereocenters. The van der Waals surface area contributed by atoms with Gasteiger partial charge in [0.1, 0.15) is 0 Å². The molecule has 0 saturated heterocycles. The predicted octanol–water partition coefficient (Wildman–Crippen LogP) is 1.92. The van der Waals surface area contributed by atoms with E-state index in [1.807, 2.05) is 13.0 Å². The first-order chi connectivity index (χ1) is 6.45. The second-order valence-corrected chi connectivity index (χ2v) is 5.38. The Balaban J connectivity index is 0.00000196. The number of benzene rings is 1. The molecule has 1 rings (SSSR count). The standard InChI is InChI=1S/C10H15NO2S.ClH/c1-3-10(11)8-5-4-6-9(7-8)14(2,12)13;/h4-7,10H,3,11H2,1-2H3;1H. The zero-order valence-electron chi connectivity index (χ0n) is 8.80. The third-order valence-electron chi connectivity index (χ3n) is 2.15. The summed E-state index contributed by atoms with van der Waals surface area (Å²) in [6, 6.07) is 6.71. The number of hydrogen-bond acceptors (Lipinski definition) is 3. The molecule has 0 fully saturated rings. The summed E-state index contributed by atoms with van der Waals surface area (Å²) in [5.41, 5.74) is 6.68. The van der Waals surface area contributed by atoms with Gasteiger partial charge in [-0.15, -0.1) is 12.4 Å². The third-order valence-corrected chi connectivity index (χ3v) is 3.26. The van der Waals surface area contributed by atoms with Crippen LogP contribution in [0.25, 0.3) is 0 Å². The van der Waals surface area contributed by atoms with E-state index in [-0.39, 0.29) is 18.4 Å². The van der Waals surface area contributed by atoms with Crippen molar-refractivity contribution in [3.8, 4) is 0 Å². The molecule has 0 saturated carbocycles. The Bertz CT molecular complexity index is 417. The van der Waals surface area contributed by atoms with Crippen LogP contribution in [0, 0.1) is 0 Å². The van der Waals surface area contributed by atoms with Gasteiger partial charge in [-0.25, -0.2) is 8.42 Å². The Morgan fingerprint density at radius 2 is 2.00 bits per heavy atom. The average Bonchev–Trinajstić information content (AvgIpc) is 2.15. The molecule has 15 heavy (non-hydrogen) atoms. The first-order valence-corrected chi connectivity index (χ1v) is 6.40. The van der Waals surface area contributed by atoms with Crippen LogP contribution in [-0.2, 0) is 9.84 Å². The van der Waals surface area contributed by atoms with Crippen molar-refractivity contribution < 1.29 is 8.42 Å². The molecule has 1 aromatic carbocycles. The monoisotopic (exact) mass is 249 g/mol. The number of hydrogen-bond donors (Lipinski definition) is 1. The van der Waals surface area contributed by atoms with Crippen LogP contribution in [0.15, 0.2) is 29.2 Å². The van der Waals surface area contributed by atoms with Crippen LogP contribution < -0.4 is 5.73 Å². The first kappa shape index (κ1) is 14.4. The van der Waals surface area contributed by atoms with Gasteiger partial charge in [0.2, 0.25) is 0 Å². The molecule has 2 N–H and O–H groups in total. The van der Waals surface area contributed by atoms with Crippen LogP contribution in [0.4, 0.5) is 0 Å². The number of halogens is 1. The lowest BCUT2D eigenvalue weighted by molar-refractivity contribution is 0.601. The molecule has 86 valence electrons. The zero-order valence-corrected chi connectivity index (χ0v) is 10.4. The summed E-state index contributed by atoms with van der Waals surface area (Å²) in [5.74, 6) is 0. The maximum atomic E-state index is 11.3. The minimum absolute atomic E-state index is 0. The van der Waals surface area contributed by atoms with E-state index >= 15 is 0 Å². The van der Waals surface area contributed by atoms with Gasteiger partial charge >= 0.3 is 0 Å². The van der Waals surface area contributed by atoms with Crippen LogP contribution >= 0.6 is 12.4 Å². The van der Waals surface area contributed by atoms with Crippen LogP contribution in [0.5, 0.6) is 0 Å². The van der Waals surface area contributed by atoms with Crippen molar-refractivity contribution in [3.05, 3.63) is 29.8 Å². The Kier molecular flexibility index (Phi) is 5.28. The van der Waals surface area contributed by atoms with Gasteiger partial charge in [-0.3, -0.25) is 0 Å². The zero-order chi connectivity index (χ0) is 10.8. The summed E-state index contributed by atoms with van der Waals surface area (Å²) in [4.78, 5) is 0.332. The maximum absolute atomic E-state index is 11.3. The molecule has 0 aliphatic rings. The van der Waals surface area contributed by atoms with Crippen LogP contribution in [0.1, 0.15) is 24.9 Å². The molecular formula is C10H16ClNO2S. The third kappa shape index (κ3) is 3.81. The molecule has 5 heteroatoms. The Labute approximate surface area is 97.0 Å². The van der Waals surface area contributed by atoms with Gasteiger partial charge in [0.05, 0.1) is 4.90 Å². The number of nitrogens with two attached hydrogens (primary N) is 1. The highest BCUT2D eigenvalue weighted by molar-refractivity contribution is 7.90. The molecule has 0 bridgehead atoms. The van der Waals surface area contributed by atoms with Gasteiger partial charge in [0, 0.05) is 12.3 Å². The van der Waals surface area contributed by atoms with E-state index < -0.39 is 9.84 Å². The molecule has 0 aliphatic heterocycles. The molecule has 1 aromatic rings. The Morgan fingerprint density at radius 1 is 1.40 bits per heavy atom. The molecule has 1 unspecified atom stereocenters. The van der Waals surface area contributed by atoms with Crippen LogP contribution in [-0.4, -0.2) is 14.7 Å². The average molecular weight is 250 g/mol. The van der Waals surface area contributed by atoms with E-state index in [1.54, 1.807) is 18.2 Å². The van der Waals surface area contributed by atoms with E-state index in [1.165, 1.54) is 6.26 Å². The van der Waals surface area contributed by atoms with Crippen LogP contribution in [0.2, 0.25) is 0 Å². The molecule has 3 nitrogen and oxygen atoms in total. The second-order valence-electron chi connectivity index (χ2n) is 3.36. The summed E-state index contributed by atoms with van der Waals surface area (Å²) in [5, 5.41) is 0. The van der Waals surface area contributed by atoms with E-state index in [4.69, 9.17) is 5.73 Å². The first-order valence-electron chi connectivity index (χ1n) is 4.50. The van der Waals surface area contributed by atoms with Gasteiger partial charge in [-0.05, 0) is 24.1 Å². The van der Waals surface area contributed by atoms with Gasteiger partial charge < -0.3 is 5.73 Å². The van der Waals surface area contributed by atoms with Gasteiger partial charge in [-0.1, -0.05) is 19.1 Å². The highest BCUT2D eigenvalue weighted by atomic mass is 35.5. The van der Waals surface area contributed by atoms with Crippen molar-refractivity contribution >= 4 is 22.2 Å². The molecule has 0 heterocycles. The minimum Gasteiger partial charge on any atom is -0.324 e. The summed E-state index contributed by atoms with van der Waals surface area (Å²) in [6.45, 7) is 1.97. The van der Waals surface area contributed by atoms with Crippen molar-refractivity contribution in [2.75, 3.05) is 6.26 Å². The fraction of sp³-hybridized carbons (Fsp3) is 0.400. The van der Waals surface area contributed by atoms with Crippen LogP contribution in [0.3, 0.4) is 0 Å². The van der Waals surface area contributed by atoms with Gasteiger partial charge in [-0.2, -0.15) is 0 Å². The SMILES string of the molecule is CCC(N)c1cccc(S(C)(=O)=O)c1.Cl. The van der Waals surface area contributed by atoms with E-state index in [0.29, 0.717) is 4.90 Å². The largest absolute Gasteiger partial charge is 0.324 e. The van der Waals surface area contributed by atoms with Crippen molar-refractivity contribution in [2.45, 2.75) is 24.3 Å². The minimum atomic E-state index is -3.12. The molecule has 0 spiro atoms. The summed E-state index contributed by atoms with van der Waals surface area (Å²) in [6.07, 6.45) is 2.00. The van der Waals surface area contributed by atoms with Crippen molar-refractivity contribution in [3.63, 3.8) is 0 Å². The molecule has 0 aromatic heterocycles. The van der Waals surface area contributed by atoms with E-state index in [0.717, 1.165) is 12.0 Å². The molecule has 0 aliphatic carbocycles. The fourth-order valence-electron chi connectivity index (χ4n) is 1.21. The van der Waals surface area contributed by atoms with E-state index in [9.17, 15) is 8.42 Å². The summed E-state index contributed by atoms with van der Waals surface area (Å²) < 4.78 is 22.5. The highest BCUT2D eigenvalue weighted by Gasteiger charge is 2.09. The molecule has 0 radical (unpaired) electrons. The predicted molar refractivity (Wildman–Crippen MR) is 64.0 cm³/mol. The lowest BCUT2D eigenvalue weighted by Crippen LogP contribution is -2.09. The lowest BCUT2D eigenvalue weighted by Gasteiger charge is -2.09. The fourth-order valence-corrected chi connectivity index (χ4v) is 1.89. The van der Waals surface area contributed by atoms with Crippen molar-refractivity contribution in [1.29, 1.82) is 0 Å². The second kappa shape index (κ2) is 5.49. The topological polar surface area (TPSA) is 60.2 Å². The van der Waals surface area contributed by atoms with Crippen molar-refractivity contribution in [2.24, 2.45) is 5.73 Å². The summed E-state index contributed by atoms with van der Waals surface area (Å²) >= 11 is 0. The maximum Gasteiger partial charge on any atom is 0.175 e. The molecule has 0 amide bonds. The summed E-state index contributed by atoms with van der Waals surface area (Å²) in [7, 11) is -3.12.